The van der Waals surface area contributed by atoms with Gasteiger partial charge in [0.2, 0.25) is 11.8 Å². The molecule has 1 N–H and O–H groups in total. The minimum absolute atomic E-state index is 0.0771. The lowest BCUT2D eigenvalue weighted by molar-refractivity contribution is -0.136. The molecule has 0 bridgehead atoms. The summed E-state index contributed by atoms with van der Waals surface area (Å²) in [5.41, 5.74) is 0. The van der Waals surface area contributed by atoms with Gasteiger partial charge in [0.1, 0.15) is 0 Å². The van der Waals surface area contributed by atoms with E-state index in [9.17, 15) is 9.59 Å². The van der Waals surface area contributed by atoms with Gasteiger partial charge in [-0.3, -0.25) is 9.59 Å². The second-order valence-corrected chi connectivity index (χ2v) is 5.72. The molecule has 5 nitrogen and oxygen atoms in total. The van der Waals surface area contributed by atoms with Gasteiger partial charge in [0.25, 0.3) is 0 Å². The smallest absolute Gasteiger partial charge is 0.232 e. The van der Waals surface area contributed by atoms with Gasteiger partial charge < -0.3 is 14.9 Å². The Hall–Kier alpha value is -0.750. The Kier molecular flexibility index (Phi) is 6.49. The van der Waals surface area contributed by atoms with Gasteiger partial charge in [-0.1, -0.05) is 6.92 Å². The zero-order chi connectivity index (χ0) is 13.5. The zero-order valence-corrected chi connectivity index (χ0v) is 11.9. The summed E-state index contributed by atoms with van der Waals surface area (Å²) >= 11 is 1.56. The first-order chi connectivity index (χ1) is 8.54. The highest BCUT2D eigenvalue weighted by Gasteiger charge is 2.22. The van der Waals surface area contributed by atoms with Gasteiger partial charge in [0.05, 0.1) is 5.75 Å². The second kappa shape index (κ2) is 7.63. The fourth-order valence-electron chi connectivity index (χ4n) is 1.76. The highest BCUT2D eigenvalue weighted by Crippen LogP contribution is 2.10. The van der Waals surface area contributed by atoms with Crippen LogP contribution in [0.15, 0.2) is 0 Å². The van der Waals surface area contributed by atoms with E-state index in [2.05, 4.69) is 0 Å². The third kappa shape index (κ3) is 4.86. The largest absolute Gasteiger partial charge is 0.396 e. The van der Waals surface area contributed by atoms with Crippen molar-refractivity contribution in [3.63, 3.8) is 0 Å². The van der Waals surface area contributed by atoms with Crippen molar-refractivity contribution in [3.8, 4) is 0 Å². The van der Waals surface area contributed by atoms with Crippen LogP contribution in [0.4, 0.5) is 0 Å². The Morgan fingerprint density at radius 2 is 1.78 bits per heavy atom. The van der Waals surface area contributed by atoms with E-state index in [1.54, 1.807) is 23.6 Å². The maximum atomic E-state index is 11.9. The van der Waals surface area contributed by atoms with Crippen LogP contribution < -0.4 is 0 Å². The number of piperazine rings is 1. The Bertz CT molecular complexity index is 291. The number of thioether (sulfide) groups is 1. The molecule has 1 saturated heterocycles. The van der Waals surface area contributed by atoms with E-state index in [0.29, 0.717) is 31.9 Å². The quantitative estimate of drug-likeness (QED) is 0.769. The molecule has 6 heteroatoms. The Morgan fingerprint density at radius 3 is 2.28 bits per heavy atom. The van der Waals surface area contributed by atoms with Crippen LogP contribution in [0.3, 0.4) is 0 Å². The third-order valence-corrected chi connectivity index (χ3v) is 4.27. The van der Waals surface area contributed by atoms with Gasteiger partial charge >= 0.3 is 0 Å². The molecule has 0 aromatic heterocycles. The topological polar surface area (TPSA) is 60.9 Å². The molecular formula is C12H22N2O3S. The summed E-state index contributed by atoms with van der Waals surface area (Å²) in [6.45, 7) is 6.23. The standard InChI is InChI=1S/C12H22N2O3S/c1-10(7-15)8-18-9-12(17)14-5-3-13(4-6-14)11(2)16/h10,15H,3-9H2,1-2H3. The van der Waals surface area contributed by atoms with Crippen LogP contribution in [0, 0.1) is 5.92 Å². The highest BCUT2D eigenvalue weighted by atomic mass is 32.2. The first kappa shape index (κ1) is 15.3. The molecule has 1 aliphatic rings. The van der Waals surface area contributed by atoms with Crippen LogP contribution in [0.25, 0.3) is 0 Å². The van der Waals surface area contributed by atoms with Gasteiger partial charge in [-0.05, 0) is 11.7 Å². The van der Waals surface area contributed by atoms with Crippen molar-refractivity contribution in [2.24, 2.45) is 5.92 Å². The Balaban J connectivity index is 2.22. The van der Waals surface area contributed by atoms with Gasteiger partial charge in [0.15, 0.2) is 0 Å². The van der Waals surface area contributed by atoms with E-state index in [0.717, 1.165) is 5.75 Å². The molecule has 0 aromatic carbocycles. The molecule has 0 radical (unpaired) electrons. The Morgan fingerprint density at radius 1 is 1.22 bits per heavy atom. The van der Waals surface area contributed by atoms with Crippen LogP contribution in [-0.4, -0.2) is 71.0 Å². The molecule has 18 heavy (non-hydrogen) atoms. The van der Waals surface area contributed by atoms with E-state index >= 15 is 0 Å². The lowest BCUT2D eigenvalue weighted by atomic mass is 10.2. The summed E-state index contributed by atoms with van der Waals surface area (Å²) in [5, 5.41) is 8.88. The Labute approximate surface area is 113 Å². The number of hydrogen-bond acceptors (Lipinski definition) is 4. The molecule has 2 amide bonds. The predicted molar refractivity (Wildman–Crippen MR) is 72.4 cm³/mol. The molecule has 0 saturated carbocycles. The van der Waals surface area contributed by atoms with Crippen molar-refractivity contribution >= 4 is 23.6 Å². The number of aliphatic hydroxyl groups excluding tert-OH is 1. The van der Waals surface area contributed by atoms with E-state index < -0.39 is 0 Å². The van der Waals surface area contributed by atoms with Crippen molar-refractivity contribution in [3.05, 3.63) is 0 Å². The maximum Gasteiger partial charge on any atom is 0.232 e. The summed E-state index contributed by atoms with van der Waals surface area (Å²) in [4.78, 5) is 26.6. The molecule has 0 aromatic rings. The van der Waals surface area contributed by atoms with Gasteiger partial charge in [0, 0.05) is 39.7 Å². The summed E-state index contributed by atoms with van der Waals surface area (Å²) in [6.07, 6.45) is 0. The van der Waals surface area contributed by atoms with E-state index in [1.807, 2.05) is 11.8 Å². The van der Waals surface area contributed by atoms with Gasteiger partial charge in [-0.25, -0.2) is 0 Å². The molecule has 104 valence electrons. The summed E-state index contributed by atoms with van der Waals surface area (Å²) in [6, 6.07) is 0. The lowest BCUT2D eigenvalue weighted by Gasteiger charge is -2.34. The first-order valence-electron chi connectivity index (χ1n) is 6.26. The zero-order valence-electron chi connectivity index (χ0n) is 11.1. The summed E-state index contributed by atoms with van der Waals surface area (Å²) < 4.78 is 0. The molecule has 0 spiro atoms. The number of amides is 2. The van der Waals surface area contributed by atoms with Crippen LogP contribution in [0.2, 0.25) is 0 Å². The van der Waals surface area contributed by atoms with Gasteiger partial charge in [-0.15, -0.1) is 0 Å². The van der Waals surface area contributed by atoms with Crippen LogP contribution >= 0.6 is 11.8 Å². The molecule has 1 aliphatic heterocycles. The number of rotatable bonds is 5. The molecule has 1 rings (SSSR count). The van der Waals surface area contributed by atoms with E-state index in [4.69, 9.17) is 5.11 Å². The number of nitrogens with zero attached hydrogens (tertiary/aromatic N) is 2. The molecule has 0 aliphatic carbocycles. The van der Waals surface area contributed by atoms with Crippen LogP contribution in [0.1, 0.15) is 13.8 Å². The fourth-order valence-corrected chi connectivity index (χ4v) is 2.74. The van der Waals surface area contributed by atoms with E-state index in [1.165, 1.54) is 0 Å². The first-order valence-corrected chi connectivity index (χ1v) is 7.42. The van der Waals surface area contributed by atoms with Gasteiger partial charge in [-0.2, -0.15) is 11.8 Å². The van der Waals surface area contributed by atoms with Crippen LogP contribution in [-0.2, 0) is 9.59 Å². The number of carbonyl (C=O) groups excluding carboxylic acids is 2. The van der Waals surface area contributed by atoms with Crippen molar-refractivity contribution in [1.29, 1.82) is 0 Å². The number of carbonyl (C=O) groups is 2. The third-order valence-electron chi connectivity index (χ3n) is 3.02. The minimum Gasteiger partial charge on any atom is -0.396 e. The predicted octanol–water partition coefficient (Wildman–Crippen LogP) is 0.0387. The summed E-state index contributed by atoms with van der Waals surface area (Å²) in [5.74, 6) is 1.71. The van der Waals surface area contributed by atoms with Crippen LogP contribution in [0.5, 0.6) is 0 Å². The minimum atomic E-state index is 0.0771. The molecule has 1 atom stereocenters. The highest BCUT2D eigenvalue weighted by molar-refractivity contribution is 7.99. The second-order valence-electron chi connectivity index (χ2n) is 4.69. The summed E-state index contributed by atoms with van der Waals surface area (Å²) in [7, 11) is 0. The number of hydrogen-bond donors (Lipinski definition) is 1. The van der Waals surface area contributed by atoms with Crippen molar-refractivity contribution in [2.45, 2.75) is 13.8 Å². The van der Waals surface area contributed by atoms with Crippen molar-refractivity contribution < 1.29 is 14.7 Å². The maximum absolute atomic E-state index is 11.9. The molecule has 1 unspecified atom stereocenters. The van der Waals surface area contributed by atoms with Crippen molar-refractivity contribution in [2.75, 3.05) is 44.3 Å². The molecule has 1 fully saturated rings. The van der Waals surface area contributed by atoms with Crippen molar-refractivity contribution in [1.82, 2.24) is 9.80 Å². The average molecular weight is 274 g/mol. The lowest BCUT2D eigenvalue weighted by Crippen LogP contribution is -2.50. The monoisotopic (exact) mass is 274 g/mol. The average Bonchev–Trinajstić information content (AvgIpc) is 2.38. The fraction of sp³-hybridized carbons (Fsp3) is 0.833. The van der Waals surface area contributed by atoms with E-state index in [-0.39, 0.29) is 24.3 Å². The molecule has 1 heterocycles. The molecular weight excluding hydrogens is 252 g/mol. The normalized spacial score (nSPS) is 17.7. The number of aliphatic hydroxyl groups is 1. The SMILES string of the molecule is CC(=O)N1CCN(C(=O)CSCC(C)CO)CC1.